The highest BCUT2D eigenvalue weighted by atomic mass is 16.5. The third-order valence-corrected chi connectivity index (χ3v) is 5.24. The van der Waals surface area contributed by atoms with Crippen molar-refractivity contribution in [1.29, 1.82) is 0 Å². The van der Waals surface area contributed by atoms with E-state index in [1.807, 2.05) is 0 Å². The fraction of sp³-hybridized carbons (Fsp3) is 1.00. The van der Waals surface area contributed by atoms with Gasteiger partial charge in [0.05, 0.1) is 5.60 Å². The molecule has 0 bridgehead atoms. The Balaban J connectivity index is 1.85. The lowest BCUT2D eigenvalue weighted by Crippen LogP contribution is -2.50. The number of hydrogen-bond acceptors (Lipinski definition) is 4. The van der Waals surface area contributed by atoms with E-state index in [9.17, 15) is 5.11 Å². The third-order valence-electron chi connectivity index (χ3n) is 5.24. The molecule has 21 heavy (non-hydrogen) atoms. The largest absolute Gasteiger partial charge is 0.388 e. The predicted molar refractivity (Wildman–Crippen MR) is 86.5 cm³/mol. The van der Waals surface area contributed by atoms with Crippen LogP contribution in [-0.4, -0.2) is 61.5 Å². The maximum absolute atomic E-state index is 10.7. The van der Waals surface area contributed by atoms with E-state index in [1.165, 1.54) is 19.3 Å². The lowest BCUT2D eigenvalue weighted by molar-refractivity contribution is -0.0790. The quantitative estimate of drug-likeness (QED) is 0.786. The van der Waals surface area contributed by atoms with Crippen LogP contribution in [0.5, 0.6) is 0 Å². The normalized spacial score (nSPS) is 33.3. The van der Waals surface area contributed by atoms with E-state index in [1.54, 1.807) is 0 Å². The summed E-state index contributed by atoms with van der Waals surface area (Å²) >= 11 is 0. The second kappa shape index (κ2) is 7.91. The number of ether oxygens (including phenoxy) is 1. The van der Waals surface area contributed by atoms with Gasteiger partial charge in [0.2, 0.25) is 0 Å². The van der Waals surface area contributed by atoms with E-state index >= 15 is 0 Å². The van der Waals surface area contributed by atoms with Gasteiger partial charge in [-0.2, -0.15) is 0 Å². The van der Waals surface area contributed by atoms with E-state index in [0.29, 0.717) is 25.2 Å². The zero-order valence-electron chi connectivity index (χ0n) is 14.1. The van der Waals surface area contributed by atoms with Gasteiger partial charge in [0.25, 0.3) is 0 Å². The fourth-order valence-electron chi connectivity index (χ4n) is 4.11. The van der Waals surface area contributed by atoms with Gasteiger partial charge >= 0.3 is 0 Å². The maximum atomic E-state index is 10.7. The van der Waals surface area contributed by atoms with Crippen molar-refractivity contribution in [3.8, 4) is 0 Å². The summed E-state index contributed by atoms with van der Waals surface area (Å²) in [5, 5.41) is 14.3. The first-order valence-corrected chi connectivity index (χ1v) is 8.74. The van der Waals surface area contributed by atoms with Crippen molar-refractivity contribution in [3.63, 3.8) is 0 Å². The van der Waals surface area contributed by atoms with Crippen LogP contribution in [0.4, 0.5) is 0 Å². The molecule has 0 amide bonds. The number of likely N-dealkylation sites (N-methyl/N-ethyl adjacent to an activating group) is 1. The average molecular weight is 298 g/mol. The van der Waals surface area contributed by atoms with Crippen LogP contribution >= 0.6 is 0 Å². The maximum Gasteiger partial charge on any atom is 0.0817 e. The SMILES string of the molecule is CCNC1CCC(C)CC1CN(C)CC1(O)CCOCC1. The van der Waals surface area contributed by atoms with E-state index in [2.05, 4.69) is 31.1 Å². The first-order chi connectivity index (χ1) is 10.0. The van der Waals surface area contributed by atoms with Gasteiger partial charge in [-0.05, 0) is 44.7 Å². The second-order valence-corrected chi connectivity index (χ2v) is 7.38. The minimum absolute atomic E-state index is 0.541. The molecule has 124 valence electrons. The van der Waals surface area contributed by atoms with Gasteiger partial charge in [-0.1, -0.05) is 13.8 Å². The molecule has 1 heterocycles. The molecule has 2 N–H and O–H groups in total. The minimum atomic E-state index is -0.541. The summed E-state index contributed by atoms with van der Waals surface area (Å²) < 4.78 is 5.37. The molecular weight excluding hydrogens is 264 g/mol. The summed E-state index contributed by atoms with van der Waals surface area (Å²) in [7, 11) is 2.16. The van der Waals surface area contributed by atoms with Crippen molar-refractivity contribution in [2.45, 2.75) is 57.6 Å². The number of nitrogens with zero attached hydrogens (tertiary/aromatic N) is 1. The molecular formula is C17H34N2O2. The average Bonchev–Trinajstić information content (AvgIpc) is 2.42. The molecule has 0 radical (unpaired) electrons. The van der Waals surface area contributed by atoms with Crippen LogP contribution in [0.25, 0.3) is 0 Å². The van der Waals surface area contributed by atoms with Crippen LogP contribution in [0, 0.1) is 11.8 Å². The van der Waals surface area contributed by atoms with Crippen LogP contribution in [-0.2, 0) is 4.74 Å². The Bertz CT molecular complexity index is 305. The Labute approximate surface area is 130 Å². The Morgan fingerprint density at radius 3 is 2.67 bits per heavy atom. The molecule has 2 aliphatic rings. The highest BCUT2D eigenvalue weighted by Gasteiger charge is 2.33. The smallest absolute Gasteiger partial charge is 0.0817 e. The first kappa shape index (κ1) is 17.2. The van der Waals surface area contributed by atoms with Crippen LogP contribution in [0.3, 0.4) is 0 Å². The topological polar surface area (TPSA) is 44.7 Å². The standard InChI is InChI=1S/C17H34N2O2/c1-4-18-16-6-5-14(2)11-15(16)12-19(3)13-17(20)7-9-21-10-8-17/h14-16,18,20H,4-13H2,1-3H3. The summed E-state index contributed by atoms with van der Waals surface area (Å²) in [6, 6.07) is 0.651. The van der Waals surface area contributed by atoms with Gasteiger partial charge in [-0.3, -0.25) is 0 Å². The van der Waals surface area contributed by atoms with Gasteiger partial charge in [0, 0.05) is 45.2 Å². The summed E-state index contributed by atoms with van der Waals surface area (Å²) in [4.78, 5) is 2.35. The van der Waals surface area contributed by atoms with Crippen LogP contribution in [0.15, 0.2) is 0 Å². The molecule has 1 aliphatic heterocycles. The van der Waals surface area contributed by atoms with E-state index in [-0.39, 0.29) is 0 Å². The summed E-state index contributed by atoms with van der Waals surface area (Å²) in [6.45, 7) is 8.90. The van der Waals surface area contributed by atoms with Crippen molar-refractivity contribution >= 4 is 0 Å². The molecule has 4 heteroatoms. The molecule has 2 fully saturated rings. The zero-order valence-corrected chi connectivity index (χ0v) is 14.1. The van der Waals surface area contributed by atoms with Gasteiger partial charge in [0.1, 0.15) is 0 Å². The number of nitrogens with one attached hydrogen (secondary N) is 1. The lowest BCUT2D eigenvalue weighted by Gasteiger charge is -2.40. The molecule has 0 spiro atoms. The van der Waals surface area contributed by atoms with Crippen LogP contribution in [0.1, 0.15) is 46.0 Å². The highest BCUT2D eigenvalue weighted by molar-refractivity contribution is 4.88. The fourth-order valence-corrected chi connectivity index (χ4v) is 4.11. The number of rotatable bonds is 6. The highest BCUT2D eigenvalue weighted by Crippen LogP contribution is 2.30. The Hall–Kier alpha value is -0.160. The molecule has 2 rings (SSSR count). The van der Waals surface area contributed by atoms with Crippen molar-refractivity contribution in [3.05, 3.63) is 0 Å². The first-order valence-electron chi connectivity index (χ1n) is 8.74. The molecule has 4 nitrogen and oxygen atoms in total. The monoisotopic (exact) mass is 298 g/mol. The summed E-state index contributed by atoms with van der Waals surface area (Å²) in [5.74, 6) is 1.55. The minimum Gasteiger partial charge on any atom is -0.388 e. The van der Waals surface area contributed by atoms with Gasteiger partial charge in [0.15, 0.2) is 0 Å². The van der Waals surface area contributed by atoms with Crippen molar-refractivity contribution in [2.75, 3.05) is 39.9 Å². The predicted octanol–water partition coefficient (Wildman–Crippen LogP) is 1.87. The Kier molecular flexibility index (Phi) is 6.48. The number of hydrogen-bond donors (Lipinski definition) is 2. The van der Waals surface area contributed by atoms with Crippen LogP contribution < -0.4 is 5.32 Å². The molecule has 0 aromatic carbocycles. The third kappa shape index (κ3) is 5.20. The molecule has 3 unspecified atom stereocenters. The Morgan fingerprint density at radius 2 is 2.00 bits per heavy atom. The van der Waals surface area contributed by atoms with E-state index in [4.69, 9.17) is 4.74 Å². The molecule has 0 aromatic heterocycles. The molecule has 3 atom stereocenters. The molecule has 1 saturated heterocycles. The van der Waals surface area contributed by atoms with Gasteiger partial charge < -0.3 is 20.1 Å². The molecule has 1 saturated carbocycles. The number of aliphatic hydroxyl groups is 1. The zero-order chi connectivity index (χ0) is 15.3. The van der Waals surface area contributed by atoms with Gasteiger partial charge in [-0.25, -0.2) is 0 Å². The van der Waals surface area contributed by atoms with Crippen molar-refractivity contribution in [2.24, 2.45) is 11.8 Å². The van der Waals surface area contributed by atoms with E-state index < -0.39 is 5.60 Å². The van der Waals surface area contributed by atoms with E-state index in [0.717, 1.165) is 38.4 Å². The lowest BCUT2D eigenvalue weighted by atomic mass is 9.78. The van der Waals surface area contributed by atoms with Crippen molar-refractivity contribution in [1.82, 2.24) is 10.2 Å². The summed E-state index contributed by atoms with van der Waals surface area (Å²) in [5.41, 5.74) is -0.541. The Morgan fingerprint density at radius 1 is 1.29 bits per heavy atom. The van der Waals surface area contributed by atoms with Gasteiger partial charge in [-0.15, -0.1) is 0 Å². The molecule has 1 aliphatic carbocycles. The van der Waals surface area contributed by atoms with Crippen LogP contribution in [0.2, 0.25) is 0 Å². The van der Waals surface area contributed by atoms with Crippen molar-refractivity contribution < 1.29 is 9.84 Å². The molecule has 0 aromatic rings. The second-order valence-electron chi connectivity index (χ2n) is 7.38. The summed E-state index contributed by atoms with van der Waals surface area (Å²) in [6.07, 6.45) is 5.50.